The van der Waals surface area contributed by atoms with Gasteiger partial charge in [0.05, 0.1) is 5.69 Å². The van der Waals surface area contributed by atoms with Gasteiger partial charge in [-0.3, -0.25) is 4.79 Å². The predicted octanol–water partition coefficient (Wildman–Crippen LogP) is 3.59. The fourth-order valence-corrected chi connectivity index (χ4v) is 2.88. The van der Waals surface area contributed by atoms with E-state index in [9.17, 15) is 10.0 Å². The van der Waals surface area contributed by atoms with Crippen molar-refractivity contribution >= 4 is 44.8 Å². The van der Waals surface area contributed by atoms with Crippen molar-refractivity contribution in [1.82, 2.24) is 5.48 Å². The Balaban J connectivity index is 2.12. The number of benzene rings is 2. The van der Waals surface area contributed by atoms with Gasteiger partial charge in [0.1, 0.15) is 5.71 Å². The summed E-state index contributed by atoms with van der Waals surface area (Å²) in [6, 6.07) is 14.2. The molecule has 1 amide bonds. The van der Waals surface area contributed by atoms with Gasteiger partial charge in [-0.15, -0.1) is 0 Å². The minimum Gasteiger partial charge on any atom is -0.315 e. The SMILES string of the molecule is CC1(NO)C(=O)N(c2ccc(Br)cc2)N=C1c1ccccc1Cl. The van der Waals surface area contributed by atoms with Gasteiger partial charge in [0, 0.05) is 15.1 Å². The van der Waals surface area contributed by atoms with Crippen LogP contribution in [0.2, 0.25) is 5.02 Å². The Morgan fingerprint density at radius 3 is 2.48 bits per heavy atom. The fourth-order valence-electron chi connectivity index (χ4n) is 2.39. The van der Waals surface area contributed by atoms with Crippen molar-refractivity contribution in [1.29, 1.82) is 0 Å². The first kappa shape index (κ1) is 16.1. The smallest absolute Gasteiger partial charge is 0.275 e. The molecule has 2 N–H and O–H groups in total. The number of hydrazone groups is 1. The van der Waals surface area contributed by atoms with E-state index in [4.69, 9.17) is 11.6 Å². The molecule has 1 aliphatic rings. The quantitative estimate of drug-likeness (QED) is 0.782. The molecule has 1 atom stereocenters. The Hall–Kier alpha value is -1.73. The first-order chi connectivity index (χ1) is 11.0. The maximum atomic E-state index is 12.8. The normalized spacial score (nSPS) is 20.8. The number of nitrogens with zero attached hydrogens (tertiary/aromatic N) is 2. The van der Waals surface area contributed by atoms with E-state index < -0.39 is 11.4 Å². The second-order valence-corrected chi connectivity index (χ2v) is 6.58. The molecule has 0 radical (unpaired) electrons. The number of nitrogens with one attached hydrogen (secondary N) is 1. The van der Waals surface area contributed by atoms with Gasteiger partial charge < -0.3 is 5.21 Å². The van der Waals surface area contributed by atoms with Crippen molar-refractivity contribution in [2.75, 3.05) is 5.01 Å². The zero-order chi connectivity index (χ0) is 16.6. The Kier molecular flexibility index (Phi) is 4.25. The highest BCUT2D eigenvalue weighted by Gasteiger charge is 2.48. The minimum absolute atomic E-state index is 0.360. The third-order valence-electron chi connectivity index (χ3n) is 3.72. The van der Waals surface area contributed by atoms with Gasteiger partial charge in [0.25, 0.3) is 5.91 Å². The van der Waals surface area contributed by atoms with Gasteiger partial charge in [0.2, 0.25) is 0 Å². The van der Waals surface area contributed by atoms with Crippen LogP contribution in [0.25, 0.3) is 0 Å². The number of rotatable bonds is 3. The molecule has 7 heteroatoms. The van der Waals surface area contributed by atoms with Gasteiger partial charge in [-0.1, -0.05) is 45.7 Å². The van der Waals surface area contributed by atoms with Crippen molar-refractivity contribution in [3.63, 3.8) is 0 Å². The second kappa shape index (κ2) is 6.05. The highest BCUT2D eigenvalue weighted by atomic mass is 79.9. The van der Waals surface area contributed by atoms with Crippen LogP contribution in [0, 0.1) is 0 Å². The van der Waals surface area contributed by atoms with Crippen molar-refractivity contribution in [3.8, 4) is 0 Å². The molecule has 0 aromatic heterocycles. The maximum absolute atomic E-state index is 12.8. The molecule has 2 aromatic carbocycles. The largest absolute Gasteiger partial charge is 0.315 e. The highest BCUT2D eigenvalue weighted by Crippen LogP contribution is 2.32. The number of anilines is 1. The fraction of sp³-hybridized carbons (Fsp3) is 0.125. The lowest BCUT2D eigenvalue weighted by Crippen LogP contribution is -2.54. The average molecular weight is 395 g/mol. The summed E-state index contributed by atoms with van der Waals surface area (Å²) in [5.41, 5.74) is 2.26. The van der Waals surface area contributed by atoms with E-state index in [1.165, 1.54) is 5.01 Å². The van der Waals surface area contributed by atoms with E-state index in [2.05, 4.69) is 26.5 Å². The molecule has 23 heavy (non-hydrogen) atoms. The van der Waals surface area contributed by atoms with Crippen molar-refractivity contribution in [2.45, 2.75) is 12.5 Å². The first-order valence-electron chi connectivity index (χ1n) is 6.83. The van der Waals surface area contributed by atoms with E-state index in [0.29, 0.717) is 22.0 Å². The van der Waals surface area contributed by atoms with Crippen molar-refractivity contribution in [3.05, 3.63) is 63.6 Å². The Morgan fingerprint density at radius 2 is 1.87 bits per heavy atom. The van der Waals surface area contributed by atoms with E-state index >= 15 is 0 Å². The topological polar surface area (TPSA) is 64.9 Å². The number of hydroxylamine groups is 1. The predicted molar refractivity (Wildman–Crippen MR) is 92.9 cm³/mol. The monoisotopic (exact) mass is 393 g/mol. The minimum atomic E-state index is -1.38. The molecule has 0 saturated heterocycles. The molecule has 1 heterocycles. The van der Waals surface area contributed by atoms with Crippen molar-refractivity contribution in [2.24, 2.45) is 5.10 Å². The molecular formula is C16H13BrClN3O2. The van der Waals surface area contributed by atoms with Gasteiger partial charge in [-0.25, -0.2) is 0 Å². The summed E-state index contributed by atoms with van der Waals surface area (Å²) < 4.78 is 0.895. The van der Waals surface area contributed by atoms with Crippen LogP contribution in [-0.4, -0.2) is 22.4 Å². The second-order valence-electron chi connectivity index (χ2n) is 5.26. The zero-order valence-corrected chi connectivity index (χ0v) is 14.5. The summed E-state index contributed by atoms with van der Waals surface area (Å²) in [6.07, 6.45) is 0. The molecule has 0 saturated carbocycles. The third-order valence-corrected chi connectivity index (χ3v) is 4.58. The number of hydrogen-bond donors (Lipinski definition) is 2. The van der Waals surface area contributed by atoms with Crippen LogP contribution in [0.5, 0.6) is 0 Å². The number of carbonyl (C=O) groups is 1. The van der Waals surface area contributed by atoms with E-state index in [-0.39, 0.29) is 0 Å². The summed E-state index contributed by atoms with van der Waals surface area (Å²) in [4.78, 5) is 12.8. The summed E-state index contributed by atoms with van der Waals surface area (Å²) in [5, 5.41) is 15.7. The van der Waals surface area contributed by atoms with Crippen LogP contribution in [0.4, 0.5) is 5.69 Å². The number of halogens is 2. The lowest BCUT2D eigenvalue weighted by molar-refractivity contribution is -0.124. The van der Waals surface area contributed by atoms with Gasteiger partial charge in [-0.05, 0) is 37.3 Å². The van der Waals surface area contributed by atoms with Crippen LogP contribution in [0.15, 0.2) is 58.1 Å². The number of carbonyl (C=O) groups excluding carboxylic acids is 1. The van der Waals surface area contributed by atoms with E-state index in [0.717, 1.165) is 4.47 Å². The van der Waals surface area contributed by atoms with Crippen LogP contribution in [-0.2, 0) is 4.79 Å². The molecular weight excluding hydrogens is 382 g/mol. The maximum Gasteiger partial charge on any atom is 0.275 e. The molecule has 0 bridgehead atoms. The Bertz CT molecular complexity index is 794. The molecule has 0 fully saturated rings. The standard InChI is InChI=1S/C16H13BrClN3O2/c1-16(20-23)14(12-4-2-3-5-13(12)18)19-21(15(16)22)11-8-6-10(17)7-9-11/h2-9,20,23H,1H3. The molecule has 0 aliphatic carbocycles. The third kappa shape index (κ3) is 2.68. The van der Waals surface area contributed by atoms with Crippen LogP contribution in [0.1, 0.15) is 12.5 Å². The zero-order valence-electron chi connectivity index (χ0n) is 12.1. The molecule has 1 aliphatic heterocycles. The molecule has 5 nitrogen and oxygen atoms in total. The van der Waals surface area contributed by atoms with Gasteiger partial charge >= 0.3 is 0 Å². The van der Waals surface area contributed by atoms with Crippen LogP contribution in [0.3, 0.4) is 0 Å². The first-order valence-corrected chi connectivity index (χ1v) is 8.00. The van der Waals surface area contributed by atoms with Crippen LogP contribution >= 0.6 is 27.5 Å². The lowest BCUT2D eigenvalue weighted by Gasteiger charge is -2.23. The molecule has 2 aromatic rings. The lowest BCUT2D eigenvalue weighted by atomic mass is 9.91. The van der Waals surface area contributed by atoms with Gasteiger partial charge in [-0.2, -0.15) is 15.6 Å². The summed E-state index contributed by atoms with van der Waals surface area (Å²) >= 11 is 9.58. The molecule has 118 valence electrons. The number of amides is 1. The molecule has 0 spiro atoms. The molecule has 3 rings (SSSR count). The highest BCUT2D eigenvalue weighted by molar-refractivity contribution is 9.10. The van der Waals surface area contributed by atoms with Crippen LogP contribution < -0.4 is 10.5 Å². The van der Waals surface area contributed by atoms with Gasteiger partial charge in [0.15, 0.2) is 5.54 Å². The number of hydrogen-bond acceptors (Lipinski definition) is 4. The van der Waals surface area contributed by atoms with E-state index in [1.807, 2.05) is 12.1 Å². The summed E-state index contributed by atoms with van der Waals surface area (Å²) in [7, 11) is 0. The van der Waals surface area contributed by atoms with Crippen molar-refractivity contribution < 1.29 is 10.0 Å². The average Bonchev–Trinajstić information content (AvgIpc) is 2.82. The van der Waals surface area contributed by atoms with E-state index in [1.54, 1.807) is 43.3 Å². The molecule has 1 unspecified atom stereocenters. The summed E-state index contributed by atoms with van der Waals surface area (Å²) in [5.74, 6) is -0.391. The summed E-state index contributed by atoms with van der Waals surface area (Å²) in [6.45, 7) is 1.57. The Labute approximate surface area is 146 Å². The Morgan fingerprint density at radius 1 is 1.22 bits per heavy atom.